The minimum atomic E-state index is -1.04. The Labute approximate surface area is 97.0 Å². The Morgan fingerprint density at radius 2 is 2.24 bits per heavy atom. The SMILES string of the molecule is CC1CCC(C(=O)Nc2ccc(F)nc2F)O1. The van der Waals surface area contributed by atoms with Crippen LogP contribution in [0, 0.1) is 11.9 Å². The number of pyridine rings is 1. The Bertz CT molecular complexity index is 439. The van der Waals surface area contributed by atoms with Crippen LogP contribution in [0.25, 0.3) is 0 Å². The lowest BCUT2D eigenvalue weighted by atomic mass is 10.2. The maximum absolute atomic E-state index is 13.2. The number of rotatable bonds is 2. The highest BCUT2D eigenvalue weighted by atomic mass is 19.1. The van der Waals surface area contributed by atoms with Crippen LogP contribution in [-0.2, 0) is 9.53 Å². The molecule has 6 heteroatoms. The molecule has 0 aliphatic carbocycles. The summed E-state index contributed by atoms with van der Waals surface area (Å²) in [6.45, 7) is 1.87. The predicted octanol–water partition coefficient (Wildman–Crippen LogP) is 1.87. The minimum absolute atomic E-state index is 0.0296. The summed E-state index contributed by atoms with van der Waals surface area (Å²) in [6.07, 6.45) is 0.849. The molecule has 0 bridgehead atoms. The number of carbonyl (C=O) groups is 1. The summed E-state index contributed by atoms with van der Waals surface area (Å²) in [7, 11) is 0. The van der Waals surface area contributed by atoms with Crippen LogP contribution in [0.5, 0.6) is 0 Å². The molecule has 1 saturated heterocycles. The van der Waals surface area contributed by atoms with Crippen LogP contribution in [0.1, 0.15) is 19.8 Å². The van der Waals surface area contributed by atoms with Crippen molar-refractivity contribution in [2.75, 3.05) is 5.32 Å². The lowest BCUT2D eigenvalue weighted by Crippen LogP contribution is -2.28. The Morgan fingerprint density at radius 3 is 2.82 bits per heavy atom. The van der Waals surface area contributed by atoms with Crippen LogP contribution in [0.4, 0.5) is 14.5 Å². The molecule has 0 spiro atoms. The van der Waals surface area contributed by atoms with Gasteiger partial charge in [-0.1, -0.05) is 0 Å². The molecule has 0 radical (unpaired) electrons. The van der Waals surface area contributed by atoms with Gasteiger partial charge in [0, 0.05) is 0 Å². The van der Waals surface area contributed by atoms with Gasteiger partial charge in [-0.15, -0.1) is 0 Å². The Balaban J connectivity index is 2.03. The molecule has 2 rings (SSSR count). The van der Waals surface area contributed by atoms with Crippen molar-refractivity contribution in [3.8, 4) is 0 Å². The largest absolute Gasteiger partial charge is 0.365 e. The molecule has 0 aromatic carbocycles. The van der Waals surface area contributed by atoms with Crippen molar-refractivity contribution in [2.45, 2.75) is 32.0 Å². The van der Waals surface area contributed by atoms with Gasteiger partial charge in [-0.25, -0.2) is 0 Å². The van der Waals surface area contributed by atoms with Gasteiger partial charge in [-0.05, 0) is 31.9 Å². The van der Waals surface area contributed by atoms with Crippen molar-refractivity contribution in [1.29, 1.82) is 0 Å². The van der Waals surface area contributed by atoms with E-state index >= 15 is 0 Å². The van der Waals surface area contributed by atoms with E-state index in [0.29, 0.717) is 6.42 Å². The second kappa shape index (κ2) is 4.75. The van der Waals surface area contributed by atoms with E-state index in [1.165, 1.54) is 0 Å². The van der Waals surface area contributed by atoms with E-state index in [4.69, 9.17) is 4.74 Å². The first-order valence-corrected chi connectivity index (χ1v) is 5.34. The Kier molecular flexibility index (Phi) is 3.33. The molecule has 1 fully saturated rings. The minimum Gasteiger partial charge on any atom is -0.365 e. The second-order valence-corrected chi connectivity index (χ2v) is 3.97. The van der Waals surface area contributed by atoms with Crippen molar-refractivity contribution in [3.05, 3.63) is 24.0 Å². The van der Waals surface area contributed by atoms with Gasteiger partial charge in [0.05, 0.1) is 11.8 Å². The molecule has 1 amide bonds. The number of aromatic nitrogens is 1. The van der Waals surface area contributed by atoms with Crippen LogP contribution in [-0.4, -0.2) is 23.1 Å². The summed E-state index contributed by atoms with van der Waals surface area (Å²) < 4.78 is 31.0. The van der Waals surface area contributed by atoms with Crippen molar-refractivity contribution in [1.82, 2.24) is 4.98 Å². The number of nitrogens with one attached hydrogen (secondary N) is 1. The molecule has 1 aromatic rings. The molecule has 1 N–H and O–H groups in total. The molecule has 2 atom stereocenters. The summed E-state index contributed by atoms with van der Waals surface area (Å²) in [5.74, 6) is -2.39. The third-order valence-corrected chi connectivity index (χ3v) is 2.60. The average molecular weight is 242 g/mol. The zero-order chi connectivity index (χ0) is 12.4. The zero-order valence-corrected chi connectivity index (χ0v) is 9.24. The number of hydrogen-bond donors (Lipinski definition) is 1. The maximum Gasteiger partial charge on any atom is 0.253 e. The molecule has 4 nitrogen and oxygen atoms in total. The van der Waals surface area contributed by atoms with Crippen molar-refractivity contribution >= 4 is 11.6 Å². The fourth-order valence-corrected chi connectivity index (χ4v) is 1.71. The number of halogens is 2. The summed E-state index contributed by atoms with van der Waals surface area (Å²) in [5.41, 5.74) is -0.139. The van der Waals surface area contributed by atoms with E-state index in [1.807, 2.05) is 6.92 Å². The Hall–Kier alpha value is -1.56. The van der Waals surface area contributed by atoms with Gasteiger partial charge in [-0.3, -0.25) is 4.79 Å². The first-order chi connectivity index (χ1) is 8.06. The number of anilines is 1. The molecule has 2 heterocycles. The molecule has 1 aliphatic heterocycles. The van der Waals surface area contributed by atoms with Gasteiger partial charge in [0.1, 0.15) is 6.10 Å². The average Bonchev–Trinajstić information content (AvgIpc) is 2.69. The quantitative estimate of drug-likeness (QED) is 0.805. The highest BCUT2D eigenvalue weighted by molar-refractivity contribution is 5.94. The van der Waals surface area contributed by atoms with Crippen LogP contribution in [0.2, 0.25) is 0 Å². The highest BCUT2D eigenvalue weighted by Gasteiger charge is 2.28. The van der Waals surface area contributed by atoms with E-state index in [2.05, 4.69) is 10.3 Å². The number of nitrogens with zero attached hydrogens (tertiary/aromatic N) is 1. The van der Waals surface area contributed by atoms with Gasteiger partial charge < -0.3 is 10.1 Å². The van der Waals surface area contributed by atoms with Crippen molar-refractivity contribution in [3.63, 3.8) is 0 Å². The lowest BCUT2D eigenvalue weighted by molar-refractivity contribution is -0.126. The molecule has 1 aliphatic rings. The summed E-state index contributed by atoms with van der Waals surface area (Å²) in [4.78, 5) is 14.7. The van der Waals surface area contributed by atoms with Gasteiger partial charge in [0.25, 0.3) is 5.91 Å². The summed E-state index contributed by atoms with van der Waals surface area (Å²) in [5, 5.41) is 2.33. The zero-order valence-electron chi connectivity index (χ0n) is 9.24. The number of hydrogen-bond acceptors (Lipinski definition) is 3. The molecular formula is C11H12F2N2O2. The maximum atomic E-state index is 13.2. The fraction of sp³-hybridized carbons (Fsp3) is 0.455. The molecule has 92 valence electrons. The monoisotopic (exact) mass is 242 g/mol. The number of amides is 1. The Morgan fingerprint density at radius 1 is 1.47 bits per heavy atom. The van der Waals surface area contributed by atoms with E-state index < -0.39 is 23.9 Å². The first kappa shape index (κ1) is 11.9. The van der Waals surface area contributed by atoms with Crippen LogP contribution in [0.3, 0.4) is 0 Å². The predicted molar refractivity (Wildman–Crippen MR) is 56.4 cm³/mol. The van der Waals surface area contributed by atoms with Gasteiger partial charge >= 0.3 is 0 Å². The van der Waals surface area contributed by atoms with E-state index in [-0.39, 0.29) is 11.8 Å². The normalized spacial score (nSPS) is 23.7. The highest BCUT2D eigenvalue weighted by Crippen LogP contribution is 2.21. The van der Waals surface area contributed by atoms with E-state index in [9.17, 15) is 13.6 Å². The third-order valence-electron chi connectivity index (χ3n) is 2.60. The van der Waals surface area contributed by atoms with E-state index in [1.54, 1.807) is 0 Å². The first-order valence-electron chi connectivity index (χ1n) is 5.34. The number of carbonyl (C=O) groups excluding carboxylic acids is 1. The lowest BCUT2D eigenvalue weighted by Gasteiger charge is -2.11. The number of ether oxygens (including phenoxy) is 1. The van der Waals surface area contributed by atoms with Crippen molar-refractivity contribution < 1.29 is 18.3 Å². The molecule has 2 unspecified atom stereocenters. The van der Waals surface area contributed by atoms with Crippen LogP contribution in [0.15, 0.2) is 12.1 Å². The smallest absolute Gasteiger partial charge is 0.253 e. The second-order valence-electron chi connectivity index (χ2n) is 3.97. The van der Waals surface area contributed by atoms with Crippen LogP contribution < -0.4 is 5.32 Å². The summed E-state index contributed by atoms with van der Waals surface area (Å²) >= 11 is 0. The van der Waals surface area contributed by atoms with Gasteiger partial charge in [0.15, 0.2) is 0 Å². The topological polar surface area (TPSA) is 51.2 Å². The summed E-state index contributed by atoms with van der Waals surface area (Å²) in [6, 6.07) is 2.12. The van der Waals surface area contributed by atoms with Gasteiger partial charge in [-0.2, -0.15) is 13.8 Å². The van der Waals surface area contributed by atoms with Crippen LogP contribution >= 0.6 is 0 Å². The molecular weight excluding hydrogens is 230 g/mol. The molecule has 17 heavy (non-hydrogen) atoms. The van der Waals surface area contributed by atoms with Gasteiger partial charge in [0.2, 0.25) is 11.9 Å². The standard InChI is InChI=1S/C11H12F2N2O2/c1-6-2-4-8(17-6)11(16)14-7-3-5-9(12)15-10(7)13/h3,5-6,8H,2,4H2,1H3,(H,14,16). The molecule has 0 saturated carbocycles. The van der Waals surface area contributed by atoms with Crippen molar-refractivity contribution in [2.24, 2.45) is 0 Å². The fourth-order valence-electron chi connectivity index (χ4n) is 1.71. The third kappa shape index (κ3) is 2.76. The molecule has 1 aromatic heterocycles. The van der Waals surface area contributed by atoms with E-state index in [0.717, 1.165) is 18.6 Å².